The number of aromatic nitrogens is 2. The Morgan fingerprint density at radius 2 is 1.96 bits per heavy atom. The van der Waals surface area contributed by atoms with Crippen LogP contribution in [0.4, 0.5) is 17.6 Å². The number of benzene rings is 1. The van der Waals surface area contributed by atoms with Crippen molar-refractivity contribution in [3.05, 3.63) is 58.7 Å². The number of fused-ring (bicyclic) bond motifs is 1. The van der Waals surface area contributed by atoms with Gasteiger partial charge in [-0.2, -0.15) is 13.2 Å². The van der Waals surface area contributed by atoms with E-state index in [1.54, 1.807) is 12.1 Å². The van der Waals surface area contributed by atoms with Crippen LogP contribution in [0.3, 0.4) is 0 Å². The van der Waals surface area contributed by atoms with Crippen molar-refractivity contribution in [2.75, 3.05) is 13.1 Å². The van der Waals surface area contributed by atoms with E-state index in [0.29, 0.717) is 18.8 Å². The highest BCUT2D eigenvalue weighted by molar-refractivity contribution is 5.81. The number of likely N-dealkylation sites (tertiary alicyclic amines) is 1. The second-order valence-electron chi connectivity index (χ2n) is 7.26. The van der Waals surface area contributed by atoms with Gasteiger partial charge in [-0.05, 0) is 50.1 Å². The van der Waals surface area contributed by atoms with E-state index in [9.17, 15) is 17.6 Å². The van der Waals surface area contributed by atoms with Crippen molar-refractivity contribution in [1.29, 1.82) is 0 Å². The Balaban J connectivity index is 1.63. The number of halogens is 4. The molecule has 2 aromatic heterocycles. The molecule has 1 aliphatic rings. The van der Waals surface area contributed by atoms with Gasteiger partial charge in [-0.15, -0.1) is 0 Å². The van der Waals surface area contributed by atoms with Crippen molar-refractivity contribution in [1.82, 2.24) is 15.0 Å². The van der Waals surface area contributed by atoms with Crippen molar-refractivity contribution >= 4 is 11.1 Å². The molecule has 3 aromatic rings. The summed E-state index contributed by atoms with van der Waals surface area (Å²) in [4.78, 5) is 6.23. The summed E-state index contributed by atoms with van der Waals surface area (Å²) in [5, 5.41) is 3.94. The van der Waals surface area contributed by atoms with Crippen molar-refractivity contribution < 1.29 is 22.1 Å². The molecule has 0 radical (unpaired) electrons. The van der Waals surface area contributed by atoms with Crippen molar-refractivity contribution in [3.8, 4) is 0 Å². The molecule has 1 unspecified atom stereocenters. The molecule has 4 nitrogen and oxygen atoms in total. The lowest BCUT2D eigenvalue weighted by atomic mass is 9.91. The average molecular weight is 393 g/mol. The topological polar surface area (TPSA) is 42.2 Å². The standard InChI is InChI=1S/C20H19F4N3O/c1-12-9-16(20(22,23)24)17-18(26-28-19(17)25-12)14-3-2-8-27(11-14)10-13-4-6-15(21)7-5-13/h4-7,9,14H,2-3,8,10-11H2,1H3. The largest absolute Gasteiger partial charge is 0.417 e. The van der Waals surface area contributed by atoms with Crippen LogP contribution in [0.25, 0.3) is 11.1 Å². The van der Waals surface area contributed by atoms with E-state index >= 15 is 0 Å². The van der Waals surface area contributed by atoms with Gasteiger partial charge in [0.2, 0.25) is 0 Å². The maximum absolute atomic E-state index is 13.6. The summed E-state index contributed by atoms with van der Waals surface area (Å²) in [6.45, 7) is 3.50. The molecule has 0 aliphatic carbocycles. The molecule has 148 valence electrons. The monoisotopic (exact) mass is 393 g/mol. The van der Waals surface area contributed by atoms with Gasteiger partial charge >= 0.3 is 6.18 Å². The molecule has 0 amide bonds. The minimum atomic E-state index is -4.51. The highest BCUT2D eigenvalue weighted by atomic mass is 19.4. The van der Waals surface area contributed by atoms with Crippen molar-refractivity contribution in [2.24, 2.45) is 0 Å². The third kappa shape index (κ3) is 3.73. The van der Waals surface area contributed by atoms with Crippen LogP contribution >= 0.6 is 0 Å². The van der Waals surface area contributed by atoms with Gasteiger partial charge in [-0.1, -0.05) is 17.3 Å². The first-order chi connectivity index (χ1) is 13.3. The Hall–Kier alpha value is -2.48. The minimum absolute atomic E-state index is 0.0354. The summed E-state index contributed by atoms with van der Waals surface area (Å²) in [5.41, 5.74) is 0.697. The maximum Gasteiger partial charge on any atom is 0.417 e. The van der Waals surface area contributed by atoms with E-state index in [1.165, 1.54) is 19.1 Å². The van der Waals surface area contributed by atoms with Gasteiger partial charge < -0.3 is 4.52 Å². The summed E-state index contributed by atoms with van der Waals surface area (Å²) in [5.74, 6) is -0.474. The molecule has 1 atom stereocenters. The Labute approximate surface area is 159 Å². The lowest BCUT2D eigenvalue weighted by molar-refractivity contribution is -0.136. The molecule has 0 N–H and O–H groups in total. The van der Waals surface area contributed by atoms with Gasteiger partial charge in [-0.25, -0.2) is 9.37 Å². The Morgan fingerprint density at radius 1 is 1.21 bits per heavy atom. The normalized spacial score (nSPS) is 18.7. The first-order valence-electron chi connectivity index (χ1n) is 9.12. The van der Waals surface area contributed by atoms with Gasteiger partial charge in [0, 0.05) is 24.7 Å². The van der Waals surface area contributed by atoms with E-state index < -0.39 is 11.7 Å². The van der Waals surface area contributed by atoms with E-state index in [-0.39, 0.29) is 28.5 Å². The fourth-order valence-corrected chi connectivity index (χ4v) is 3.87. The zero-order valence-electron chi connectivity index (χ0n) is 15.3. The summed E-state index contributed by atoms with van der Waals surface area (Å²) in [6.07, 6.45) is -2.94. The predicted molar refractivity (Wildman–Crippen MR) is 95.2 cm³/mol. The van der Waals surface area contributed by atoms with E-state index in [2.05, 4.69) is 15.0 Å². The molecule has 3 heterocycles. The Bertz CT molecular complexity index is 982. The number of hydrogen-bond acceptors (Lipinski definition) is 4. The molecule has 1 aromatic carbocycles. The lowest BCUT2D eigenvalue weighted by Crippen LogP contribution is -2.34. The minimum Gasteiger partial charge on any atom is -0.336 e. The maximum atomic E-state index is 13.6. The third-order valence-electron chi connectivity index (χ3n) is 5.12. The summed E-state index contributed by atoms with van der Waals surface area (Å²) >= 11 is 0. The first kappa shape index (κ1) is 18.9. The van der Waals surface area contributed by atoms with E-state index in [4.69, 9.17) is 4.52 Å². The van der Waals surface area contributed by atoms with Crippen LogP contribution < -0.4 is 0 Å². The Morgan fingerprint density at radius 3 is 2.68 bits per heavy atom. The van der Waals surface area contributed by atoms with Crippen LogP contribution in [0.1, 0.15) is 41.3 Å². The lowest BCUT2D eigenvalue weighted by Gasteiger charge is -2.32. The molecule has 0 saturated carbocycles. The Kier molecular flexibility index (Phi) is 4.82. The van der Waals surface area contributed by atoms with E-state index in [1.807, 2.05) is 0 Å². The molecule has 4 rings (SSSR count). The molecular formula is C20H19F4N3O. The fourth-order valence-electron chi connectivity index (χ4n) is 3.87. The molecule has 1 aliphatic heterocycles. The number of alkyl halides is 3. The highest BCUT2D eigenvalue weighted by Crippen LogP contribution is 2.40. The van der Waals surface area contributed by atoms with Gasteiger partial charge in [0.1, 0.15) is 5.82 Å². The smallest absolute Gasteiger partial charge is 0.336 e. The second-order valence-corrected chi connectivity index (χ2v) is 7.26. The van der Waals surface area contributed by atoms with Crippen molar-refractivity contribution in [2.45, 2.75) is 38.4 Å². The third-order valence-corrected chi connectivity index (χ3v) is 5.12. The quantitative estimate of drug-likeness (QED) is 0.583. The summed E-state index contributed by atoms with van der Waals surface area (Å²) < 4.78 is 59.0. The van der Waals surface area contributed by atoms with Crippen LogP contribution in [0.2, 0.25) is 0 Å². The molecule has 0 bridgehead atoms. The first-order valence-corrected chi connectivity index (χ1v) is 9.12. The zero-order chi connectivity index (χ0) is 19.9. The number of nitrogens with zero attached hydrogens (tertiary/aromatic N) is 3. The fraction of sp³-hybridized carbons (Fsp3) is 0.400. The highest BCUT2D eigenvalue weighted by Gasteiger charge is 2.37. The van der Waals surface area contributed by atoms with Gasteiger partial charge in [-0.3, -0.25) is 4.90 Å². The molecular weight excluding hydrogens is 374 g/mol. The van der Waals surface area contributed by atoms with E-state index in [0.717, 1.165) is 31.0 Å². The van der Waals surface area contributed by atoms with Gasteiger partial charge in [0.25, 0.3) is 5.71 Å². The second kappa shape index (κ2) is 7.16. The van der Waals surface area contributed by atoms with Gasteiger partial charge in [0.05, 0.1) is 16.6 Å². The molecule has 8 heteroatoms. The zero-order valence-corrected chi connectivity index (χ0v) is 15.3. The molecule has 28 heavy (non-hydrogen) atoms. The van der Waals surface area contributed by atoms with Gasteiger partial charge in [0.15, 0.2) is 0 Å². The van der Waals surface area contributed by atoms with Crippen LogP contribution in [0.15, 0.2) is 34.9 Å². The molecule has 0 spiro atoms. The number of hydrogen-bond donors (Lipinski definition) is 0. The van der Waals surface area contributed by atoms with Crippen molar-refractivity contribution in [3.63, 3.8) is 0 Å². The summed E-state index contributed by atoms with van der Waals surface area (Å²) in [6, 6.07) is 7.30. The molecule has 1 fully saturated rings. The summed E-state index contributed by atoms with van der Waals surface area (Å²) in [7, 11) is 0. The van der Waals surface area contributed by atoms with Crippen LogP contribution in [-0.2, 0) is 12.7 Å². The average Bonchev–Trinajstić information content (AvgIpc) is 3.06. The van der Waals surface area contributed by atoms with Crippen LogP contribution in [-0.4, -0.2) is 28.1 Å². The number of rotatable bonds is 3. The molecule has 1 saturated heterocycles. The number of piperidine rings is 1. The number of aryl methyl sites for hydroxylation is 1. The number of pyridine rings is 1. The SMILES string of the molecule is Cc1cc(C(F)(F)F)c2c(C3CCCN(Cc4ccc(F)cc4)C3)noc2n1. The predicted octanol–water partition coefficient (Wildman–Crippen LogP) is 5.07. The van der Waals surface area contributed by atoms with Crippen LogP contribution in [0, 0.1) is 12.7 Å². The van der Waals surface area contributed by atoms with Crippen LogP contribution in [0.5, 0.6) is 0 Å².